The average molecular weight is 169 g/mol. The number of rotatable bonds is 7. The van der Waals surface area contributed by atoms with E-state index in [1.54, 1.807) is 0 Å². The summed E-state index contributed by atoms with van der Waals surface area (Å²) in [5.41, 5.74) is 1.31. The molecule has 0 rings (SSSR count). The van der Waals surface area contributed by atoms with E-state index in [9.17, 15) is 0 Å². The third-order valence-corrected chi connectivity index (χ3v) is 1.88. The molecule has 0 aromatic heterocycles. The van der Waals surface area contributed by atoms with Gasteiger partial charge < -0.3 is 4.74 Å². The highest BCUT2D eigenvalue weighted by molar-refractivity contribution is 4.99. The van der Waals surface area contributed by atoms with Crippen molar-refractivity contribution in [3.05, 3.63) is 18.6 Å². The monoisotopic (exact) mass is 169 g/mol. The zero-order valence-electron chi connectivity index (χ0n) is 8.44. The summed E-state index contributed by atoms with van der Waals surface area (Å²) in [5.74, 6) is 0. The number of ether oxygens (including phenoxy) is 1. The van der Waals surface area contributed by atoms with Gasteiger partial charge in [-0.1, -0.05) is 31.4 Å². The predicted molar refractivity (Wildman–Crippen MR) is 54.1 cm³/mol. The van der Waals surface area contributed by atoms with Gasteiger partial charge in [-0.25, -0.2) is 0 Å². The van der Waals surface area contributed by atoms with Crippen molar-refractivity contribution in [2.75, 3.05) is 13.2 Å². The molecule has 0 aromatic carbocycles. The molecule has 0 saturated carbocycles. The standard InChI is InChI=1S/C11H21O/c1-4-6-7-9-12-10-8-11(3)5-2/h5H,2,4,6-10H2,1,3H3/b11-5+. The topological polar surface area (TPSA) is 9.23 Å². The molecule has 12 heavy (non-hydrogen) atoms. The van der Waals surface area contributed by atoms with Crippen LogP contribution in [0.15, 0.2) is 11.6 Å². The first kappa shape index (κ1) is 11.7. The van der Waals surface area contributed by atoms with Crippen molar-refractivity contribution in [2.24, 2.45) is 0 Å². The zero-order valence-corrected chi connectivity index (χ0v) is 8.44. The van der Waals surface area contributed by atoms with Gasteiger partial charge in [0.1, 0.15) is 0 Å². The van der Waals surface area contributed by atoms with Crippen LogP contribution in [0.2, 0.25) is 0 Å². The molecular formula is C11H21O. The van der Waals surface area contributed by atoms with Gasteiger partial charge in [0.05, 0.1) is 6.61 Å². The largest absolute Gasteiger partial charge is 0.381 e. The molecule has 1 radical (unpaired) electrons. The molecule has 71 valence electrons. The first-order chi connectivity index (χ1) is 5.81. The minimum absolute atomic E-state index is 0.849. The molecule has 0 bridgehead atoms. The van der Waals surface area contributed by atoms with Gasteiger partial charge in [-0.2, -0.15) is 0 Å². The highest BCUT2D eigenvalue weighted by Gasteiger charge is 1.90. The van der Waals surface area contributed by atoms with Crippen LogP contribution in [-0.2, 0) is 4.74 Å². The van der Waals surface area contributed by atoms with E-state index in [1.165, 1.54) is 24.8 Å². The van der Waals surface area contributed by atoms with E-state index in [1.807, 2.05) is 6.08 Å². The smallest absolute Gasteiger partial charge is 0.0503 e. The highest BCUT2D eigenvalue weighted by Crippen LogP contribution is 2.00. The molecule has 0 spiro atoms. The second-order valence-electron chi connectivity index (χ2n) is 3.12. The SMILES string of the molecule is [CH2]/C=C(\C)CCOCCCCC. The summed E-state index contributed by atoms with van der Waals surface area (Å²) in [5, 5.41) is 0. The zero-order chi connectivity index (χ0) is 9.23. The van der Waals surface area contributed by atoms with Crippen LogP contribution in [0.1, 0.15) is 39.5 Å². The first-order valence-electron chi connectivity index (χ1n) is 4.83. The van der Waals surface area contributed by atoms with Crippen LogP contribution in [-0.4, -0.2) is 13.2 Å². The van der Waals surface area contributed by atoms with Gasteiger partial charge in [-0.3, -0.25) is 0 Å². The Balaban J connectivity index is 3.00. The number of hydrogen-bond acceptors (Lipinski definition) is 1. The van der Waals surface area contributed by atoms with Crippen LogP contribution in [0.5, 0.6) is 0 Å². The molecule has 0 heterocycles. The molecule has 0 N–H and O–H groups in total. The van der Waals surface area contributed by atoms with Crippen LogP contribution in [0.4, 0.5) is 0 Å². The van der Waals surface area contributed by atoms with Crippen molar-refractivity contribution in [3.63, 3.8) is 0 Å². The van der Waals surface area contributed by atoms with E-state index >= 15 is 0 Å². The Morgan fingerprint density at radius 2 is 2.08 bits per heavy atom. The van der Waals surface area contributed by atoms with E-state index in [4.69, 9.17) is 4.74 Å². The number of hydrogen-bond donors (Lipinski definition) is 0. The van der Waals surface area contributed by atoms with Gasteiger partial charge in [0.15, 0.2) is 0 Å². The van der Waals surface area contributed by atoms with E-state index in [0.717, 1.165) is 19.6 Å². The Morgan fingerprint density at radius 1 is 1.33 bits per heavy atom. The van der Waals surface area contributed by atoms with Crippen LogP contribution >= 0.6 is 0 Å². The van der Waals surface area contributed by atoms with Crippen molar-refractivity contribution in [1.29, 1.82) is 0 Å². The lowest BCUT2D eigenvalue weighted by atomic mass is 10.2. The molecule has 0 atom stereocenters. The molecule has 0 aliphatic heterocycles. The molecule has 0 aliphatic rings. The van der Waals surface area contributed by atoms with E-state index in [2.05, 4.69) is 20.8 Å². The highest BCUT2D eigenvalue weighted by atomic mass is 16.5. The molecule has 1 heteroatoms. The maximum atomic E-state index is 5.44. The quantitative estimate of drug-likeness (QED) is 0.531. The van der Waals surface area contributed by atoms with Crippen LogP contribution in [0.25, 0.3) is 0 Å². The molecule has 0 saturated heterocycles. The Morgan fingerprint density at radius 3 is 2.67 bits per heavy atom. The van der Waals surface area contributed by atoms with Crippen LogP contribution in [0.3, 0.4) is 0 Å². The average Bonchev–Trinajstić information content (AvgIpc) is 2.10. The fraction of sp³-hybridized carbons (Fsp3) is 0.727. The van der Waals surface area contributed by atoms with Gasteiger partial charge in [-0.05, 0) is 26.7 Å². The summed E-state index contributed by atoms with van der Waals surface area (Å²) in [6.07, 6.45) is 6.67. The van der Waals surface area contributed by atoms with Gasteiger partial charge in [0, 0.05) is 6.61 Å². The Hall–Kier alpha value is -0.300. The normalized spacial score (nSPS) is 12.1. The maximum Gasteiger partial charge on any atom is 0.0503 e. The minimum Gasteiger partial charge on any atom is -0.381 e. The summed E-state index contributed by atoms with van der Waals surface area (Å²) in [6.45, 7) is 9.75. The summed E-state index contributed by atoms with van der Waals surface area (Å²) >= 11 is 0. The molecule has 0 unspecified atom stereocenters. The van der Waals surface area contributed by atoms with E-state index in [0.29, 0.717) is 0 Å². The maximum absolute atomic E-state index is 5.44. The summed E-state index contributed by atoms with van der Waals surface area (Å²) in [7, 11) is 0. The van der Waals surface area contributed by atoms with Crippen molar-refractivity contribution in [1.82, 2.24) is 0 Å². The van der Waals surface area contributed by atoms with Crippen molar-refractivity contribution in [3.8, 4) is 0 Å². The molecule has 0 aliphatic carbocycles. The number of unbranched alkanes of at least 4 members (excludes halogenated alkanes) is 2. The lowest BCUT2D eigenvalue weighted by molar-refractivity contribution is 0.133. The Bertz CT molecular complexity index is 116. The fourth-order valence-electron chi connectivity index (χ4n) is 0.891. The van der Waals surface area contributed by atoms with E-state index in [-0.39, 0.29) is 0 Å². The minimum atomic E-state index is 0.849. The second-order valence-corrected chi connectivity index (χ2v) is 3.12. The van der Waals surface area contributed by atoms with Crippen molar-refractivity contribution >= 4 is 0 Å². The first-order valence-corrected chi connectivity index (χ1v) is 4.83. The summed E-state index contributed by atoms with van der Waals surface area (Å²) in [6, 6.07) is 0. The lowest BCUT2D eigenvalue weighted by Gasteiger charge is -2.03. The van der Waals surface area contributed by atoms with Crippen LogP contribution in [0, 0.1) is 6.92 Å². The van der Waals surface area contributed by atoms with Crippen molar-refractivity contribution < 1.29 is 4.74 Å². The third-order valence-electron chi connectivity index (χ3n) is 1.88. The van der Waals surface area contributed by atoms with Crippen LogP contribution < -0.4 is 0 Å². The Kier molecular flexibility index (Phi) is 8.57. The lowest BCUT2D eigenvalue weighted by Crippen LogP contribution is -1.97. The second kappa shape index (κ2) is 8.79. The summed E-state index contributed by atoms with van der Waals surface area (Å²) < 4.78 is 5.44. The molecule has 0 amide bonds. The predicted octanol–water partition coefficient (Wildman–Crippen LogP) is 3.36. The Labute approximate surface area is 76.8 Å². The molecule has 0 aromatic rings. The fourth-order valence-corrected chi connectivity index (χ4v) is 0.891. The molecule has 1 nitrogen and oxygen atoms in total. The third kappa shape index (κ3) is 7.80. The molecule has 0 fully saturated rings. The van der Waals surface area contributed by atoms with Gasteiger partial charge in [0.2, 0.25) is 0 Å². The molecular weight excluding hydrogens is 148 g/mol. The van der Waals surface area contributed by atoms with Gasteiger partial charge in [0.25, 0.3) is 0 Å². The van der Waals surface area contributed by atoms with Crippen molar-refractivity contribution in [2.45, 2.75) is 39.5 Å². The number of allylic oxidation sites excluding steroid dienone is 1. The van der Waals surface area contributed by atoms with Gasteiger partial charge >= 0.3 is 0 Å². The summed E-state index contributed by atoms with van der Waals surface area (Å²) in [4.78, 5) is 0. The van der Waals surface area contributed by atoms with Gasteiger partial charge in [-0.15, -0.1) is 0 Å². The van der Waals surface area contributed by atoms with E-state index < -0.39 is 0 Å².